The molecule has 1 aliphatic heterocycles. The molecule has 4 nitrogen and oxygen atoms in total. The molecule has 1 aromatic heterocycles. The number of hydrogen-bond donors (Lipinski definition) is 0. The van der Waals surface area contributed by atoms with Crippen molar-refractivity contribution >= 4 is 5.91 Å². The average molecular weight is 316 g/mol. The Hall–Kier alpha value is -1.42. The van der Waals surface area contributed by atoms with Crippen LogP contribution in [-0.2, 0) is 16.1 Å². The number of carbonyl (C=O) groups is 1. The number of carbonyl (C=O) groups excluding carboxylic acids is 1. The van der Waals surface area contributed by atoms with Crippen molar-refractivity contribution < 1.29 is 9.53 Å². The molecular formula is C19H28N2O2. The first-order valence-electron chi connectivity index (χ1n) is 9.09. The predicted octanol–water partition coefficient (Wildman–Crippen LogP) is 3.56. The normalized spacial score (nSPS) is 22.7. The quantitative estimate of drug-likeness (QED) is 0.834. The molecule has 2 fully saturated rings. The molecule has 1 aromatic rings. The van der Waals surface area contributed by atoms with Crippen molar-refractivity contribution in [1.29, 1.82) is 0 Å². The van der Waals surface area contributed by atoms with Gasteiger partial charge in [0, 0.05) is 44.6 Å². The highest BCUT2D eigenvalue weighted by molar-refractivity contribution is 5.76. The summed E-state index contributed by atoms with van der Waals surface area (Å²) in [4.78, 5) is 19.3. The fourth-order valence-corrected chi connectivity index (χ4v) is 3.83. The zero-order chi connectivity index (χ0) is 15.9. The van der Waals surface area contributed by atoms with Gasteiger partial charge in [0.25, 0.3) is 0 Å². The molecule has 1 saturated heterocycles. The van der Waals surface area contributed by atoms with E-state index in [4.69, 9.17) is 4.74 Å². The minimum atomic E-state index is 0.302. The molecular weight excluding hydrogens is 288 g/mol. The largest absolute Gasteiger partial charge is 0.381 e. The van der Waals surface area contributed by atoms with Gasteiger partial charge in [-0.3, -0.25) is 9.78 Å². The van der Waals surface area contributed by atoms with E-state index in [1.165, 1.54) is 19.3 Å². The lowest BCUT2D eigenvalue weighted by atomic mass is 9.92. The highest BCUT2D eigenvalue weighted by atomic mass is 16.5. The molecule has 1 aliphatic carbocycles. The monoisotopic (exact) mass is 316 g/mol. The molecule has 2 aliphatic rings. The van der Waals surface area contributed by atoms with Gasteiger partial charge in [-0.25, -0.2) is 0 Å². The van der Waals surface area contributed by atoms with E-state index in [0.29, 0.717) is 30.8 Å². The molecule has 4 heteroatoms. The smallest absolute Gasteiger partial charge is 0.223 e. The summed E-state index contributed by atoms with van der Waals surface area (Å²) >= 11 is 0. The molecule has 0 bridgehead atoms. The Kier molecular flexibility index (Phi) is 6.03. The minimum absolute atomic E-state index is 0.302. The first-order valence-corrected chi connectivity index (χ1v) is 9.09. The molecule has 0 spiro atoms. The number of ether oxygens (including phenoxy) is 1. The third kappa shape index (κ3) is 4.77. The van der Waals surface area contributed by atoms with Crippen LogP contribution in [-0.4, -0.2) is 35.0 Å². The second kappa shape index (κ2) is 8.44. The van der Waals surface area contributed by atoms with Gasteiger partial charge < -0.3 is 9.64 Å². The summed E-state index contributed by atoms with van der Waals surface area (Å²) in [5.41, 5.74) is 1.13. The Morgan fingerprint density at radius 3 is 2.78 bits per heavy atom. The van der Waals surface area contributed by atoms with Crippen LogP contribution in [0.5, 0.6) is 0 Å². The van der Waals surface area contributed by atoms with Crippen LogP contribution in [0.2, 0.25) is 0 Å². The van der Waals surface area contributed by atoms with Crippen LogP contribution >= 0.6 is 0 Å². The van der Waals surface area contributed by atoms with Crippen molar-refractivity contribution in [3.8, 4) is 0 Å². The zero-order valence-corrected chi connectivity index (χ0v) is 14.0. The molecule has 126 valence electrons. The molecule has 1 amide bonds. The predicted molar refractivity (Wildman–Crippen MR) is 89.8 cm³/mol. The molecule has 0 N–H and O–H groups in total. The first kappa shape index (κ1) is 16.4. The molecule has 0 unspecified atom stereocenters. The van der Waals surface area contributed by atoms with E-state index >= 15 is 0 Å². The van der Waals surface area contributed by atoms with Crippen molar-refractivity contribution in [3.63, 3.8) is 0 Å². The van der Waals surface area contributed by atoms with Crippen molar-refractivity contribution in [2.75, 3.05) is 13.2 Å². The third-order valence-corrected chi connectivity index (χ3v) is 5.13. The summed E-state index contributed by atoms with van der Waals surface area (Å²) in [6.45, 7) is 2.30. The van der Waals surface area contributed by atoms with Gasteiger partial charge in [-0.1, -0.05) is 25.3 Å². The number of pyridine rings is 1. The SMILES string of the molecule is O=C(C[C@@H]1CCCOC1)N(Cc1cccnc1)C1CCCCC1. The number of hydrogen-bond acceptors (Lipinski definition) is 3. The van der Waals surface area contributed by atoms with Gasteiger partial charge in [-0.05, 0) is 43.2 Å². The van der Waals surface area contributed by atoms with Crippen LogP contribution in [0.25, 0.3) is 0 Å². The van der Waals surface area contributed by atoms with E-state index in [2.05, 4.69) is 16.0 Å². The molecule has 1 saturated carbocycles. The standard InChI is InChI=1S/C19H28N2O2/c22-19(12-16-7-5-11-23-15-16)21(18-8-2-1-3-9-18)14-17-6-4-10-20-13-17/h4,6,10,13,16,18H,1-3,5,7-9,11-12,14-15H2/t16-/m0/s1. The van der Waals surface area contributed by atoms with Gasteiger partial charge in [-0.2, -0.15) is 0 Å². The second-order valence-corrected chi connectivity index (χ2v) is 6.96. The van der Waals surface area contributed by atoms with E-state index in [0.717, 1.165) is 44.5 Å². The Bertz CT molecular complexity index is 479. The number of rotatable bonds is 5. The maximum absolute atomic E-state index is 13.0. The fourth-order valence-electron chi connectivity index (χ4n) is 3.83. The summed E-state index contributed by atoms with van der Waals surface area (Å²) in [5, 5.41) is 0. The lowest BCUT2D eigenvalue weighted by molar-refractivity contribution is -0.137. The Morgan fingerprint density at radius 2 is 2.09 bits per heavy atom. The first-order chi connectivity index (χ1) is 11.3. The van der Waals surface area contributed by atoms with E-state index in [9.17, 15) is 4.79 Å². The lowest BCUT2D eigenvalue weighted by Crippen LogP contribution is -2.42. The van der Waals surface area contributed by atoms with Crippen molar-refractivity contribution in [3.05, 3.63) is 30.1 Å². The van der Waals surface area contributed by atoms with Gasteiger partial charge in [-0.15, -0.1) is 0 Å². The third-order valence-electron chi connectivity index (χ3n) is 5.13. The topological polar surface area (TPSA) is 42.4 Å². The summed E-state index contributed by atoms with van der Waals surface area (Å²) in [6.07, 6.45) is 12.6. The van der Waals surface area contributed by atoms with Gasteiger partial charge in [0.1, 0.15) is 0 Å². The molecule has 0 radical (unpaired) electrons. The Balaban J connectivity index is 1.66. The van der Waals surface area contributed by atoms with E-state index in [-0.39, 0.29) is 0 Å². The summed E-state index contributed by atoms with van der Waals surface area (Å²) in [5.74, 6) is 0.701. The fraction of sp³-hybridized carbons (Fsp3) is 0.684. The van der Waals surface area contributed by atoms with Crippen LogP contribution in [0.1, 0.15) is 56.9 Å². The van der Waals surface area contributed by atoms with Gasteiger partial charge in [0.05, 0.1) is 0 Å². The van der Waals surface area contributed by atoms with Crippen LogP contribution in [0.15, 0.2) is 24.5 Å². The second-order valence-electron chi connectivity index (χ2n) is 6.96. The molecule has 1 atom stereocenters. The Labute approximate surface area is 139 Å². The average Bonchev–Trinajstić information content (AvgIpc) is 2.62. The van der Waals surface area contributed by atoms with Crippen LogP contribution in [0, 0.1) is 5.92 Å². The maximum Gasteiger partial charge on any atom is 0.223 e. The zero-order valence-electron chi connectivity index (χ0n) is 14.0. The number of amides is 1. The van der Waals surface area contributed by atoms with E-state index in [1.807, 2.05) is 12.3 Å². The molecule has 23 heavy (non-hydrogen) atoms. The lowest BCUT2D eigenvalue weighted by Gasteiger charge is -2.35. The summed E-state index contributed by atoms with van der Waals surface area (Å²) in [7, 11) is 0. The van der Waals surface area contributed by atoms with Crippen molar-refractivity contribution in [1.82, 2.24) is 9.88 Å². The highest BCUT2D eigenvalue weighted by Gasteiger charge is 2.28. The van der Waals surface area contributed by atoms with E-state index < -0.39 is 0 Å². The van der Waals surface area contributed by atoms with Gasteiger partial charge in [0.15, 0.2) is 0 Å². The van der Waals surface area contributed by atoms with E-state index in [1.54, 1.807) is 6.20 Å². The Morgan fingerprint density at radius 1 is 1.22 bits per heavy atom. The minimum Gasteiger partial charge on any atom is -0.381 e. The van der Waals surface area contributed by atoms with Crippen LogP contribution < -0.4 is 0 Å². The van der Waals surface area contributed by atoms with Crippen molar-refractivity contribution in [2.24, 2.45) is 5.92 Å². The maximum atomic E-state index is 13.0. The van der Waals surface area contributed by atoms with Crippen LogP contribution in [0.4, 0.5) is 0 Å². The van der Waals surface area contributed by atoms with Gasteiger partial charge >= 0.3 is 0 Å². The van der Waals surface area contributed by atoms with Crippen molar-refractivity contribution in [2.45, 2.75) is 64.0 Å². The molecule has 0 aromatic carbocycles. The molecule has 2 heterocycles. The van der Waals surface area contributed by atoms with Crippen LogP contribution in [0.3, 0.4) is 0 Å². The summed E-state index contributed by atoms with van der Waals surface area (Å²) in [6, 6.07) is 4.43. The molecule has 3 rings (SSSR count). The van der Waals surface area contributed by atoms with Gasteiger partial charge in [0.2, 0.25) is 5.91 Å². The highest BCUT2D eigenvalue weighted by Crippen LogP contribution is 2.26. The number of nitrogens with zero attached hydrogens (tertiary/aromatic N) is 2. The summed E-state index contributed by atoms with van der Waals surface area (Å²) < 4.78 is 5.55. The number of aromatic nitrogens is 1.